The van der Waals surface area contributed by atoms with E-state index in [4.69, 9.17) is 0 Å². The molecule has 0 aliphatic carbocycles. The quantitative estimate of drug-likeness (QED) is 0.570. The van der Waals surface area contributed by atoms with Crippen LogP contribution in [-0.4, -0.2) is 17.8 Å². The van der Waals surface area contributed by atoms with Gasteiger partial charge in [0.2, 0.25) is 0 Å². The van der Waals surface area contributed by atoms with Gasteiger partial charge in [-0.1, -0.05) is 0 Å². The lowest BCUT2D eigenvalue weighted by Gasteiger charge is -2.14. The fourth-order valence-corrected chi connectivity index (χ4v) is 1.15. The Morgan fingerprint density at radius 1 is 1.36 bits per heavy atom. The van der Waals surface area contributed by atoms with Crippen LogP contribution in [0.15, 0.2) is 18.7 Å². The first-order valence-electron chi connectivity index (χ1n) is 4.06. The molecule has 0 aliphatic rings. The maximum atomic E-state index is 2.25. The highest BCUT2D eigenvalue weighted by atomic mass is 15.5. The molecule has 11 heavy (non-hydrogen) atoms. The Kier molecular flexibility index (Phi) is 2.52. The van der Waals surface area contributed by atoms with Crippen molar-refractivity contribution in [2.24, 2.45) is 7.05 Å². The predicted octanol–water partition coefficient (Wildman–Crippen LogP) is 0.290. The zero-order valence-corrected chi connectivity index (χ0v) is 7.49. The summed E-state index contributed by atoms with van der Waals surface area (Å²) in [5.74, 6) is 0. The third-order valence-electron chi connectivity index (χ3n) is 1.81. The molecule has 0 unspecified atom stereocenters. The van der Waals surface area contributed by atoms with Crippen LogP contribution in [0, 0.1) is 0 Å². The van der Waals surface area contributed by atoms with Gasteiger partial charge in [-0.15, -0.1) is 4.68 Å². The zero-order chi connectivity index (χ0) is 8.27. The molecule has 1 rings (SSSR count). The van der Waals surface area contributed by atoms with Crippen molar-refractivity contribution in [2.45, 2.75) is 13.8 Å². The van der Waals surface area contributed by atoms with Crippen LogP contribution >= 0.6 is 0 Å². The minimum absolute atomic E-state index is 1.05. The Balaban J connectivity index is 2.73. The van der Waals surface area contributed by atoms with Crippen LogP contribution in [0.3, 0.4) is 0 Å². The van der Waals surface area contributed by atoms with E-state index in [1.54, 1.807) is 0 Å². The van der Waals surface area contributed by atoms with Crippen molar-refractivity contribution in [2.75, 3.05) is 18.1 Å². The van der Waals surface area contributed by atoms with Gasteiger partial charge in [0.15, 0.2) is 6.20 Å². The van der Waals surface area contributed by atoms with Gasteiger partial charge >= 0.3 is 0 Å². The van der Waals surface area contributed by atoms with Crippen molar-refractivity contribution < 1.29 is 4.57 Å². The monoisotopic (exact) mass is 154 g/mol. The number of aryl methyl sites for hydroxylation is 1. The summed E-state index contributed by atoms with van der Waals surface area (Å²) in [5, 5.41) is 2.25. The van der Waals surface area contributed by atoms with Crippen molar-refractivity contribution >= 4 is 0 Å². The number of imidazole rings is 1. The highest BCUT2D eigenvalue weighted by Gasteiger charge is 2.05. The van der Waals surface area contributed by atoms with Gasteiger partial charge in [0.1, 0.15) is 6.20 Å². The first-order chi connectivity index (χ1) is 5.27. The molecule has 0 aromatic carbocycles. The second kappa shape index (κ2) is 3.42. The van der Waals surface area contributed by atoms with Crippen LogP contribution in [0.5, 0.6) is 0 Å². The molecule has 3 heteroatoms. The van der Waals surface area contributed by atoms with Crippen molar-refractivity contribution in [3.63, 3.8) is 0 Å². The average Bonchev–Trinajstić information content (AvgIpc) is 2.39. The van der Waals surface area contributed by atoms with E-state index >= 15 is 0 Å². The van der Waals surface area contributed by atoms with Crippen LogP contribution in [-0.2, 0) is 7.05 Å². The Morgan fingerprint density at radius 2 is 2.00 bits per heavy atom. The number of rotatable bonds is 3. The Bertz CT molecular complexity index is 213. The topological polar surface area (TPSA) is 12.1 Å². The molecule has 0 aliphatic heterocycles. The highest BCUT2D eigenvalue weighted by Crippen LogP contribution is 1.87. The number of nitrogens with zero attached hydrogens (tertiary/aromatic N) is 3. The first-order valence-corrected chi connectivity index (χ1v) is 4.06. The maximum Gasteiger partial charge on any atom is 0.267 e. The lowest BCUT2D eigenvalue weighted by Crippen LogP contribution is -2.35. The minimum atomic E-state index is 1.05. The highest BCUT2D eigenvalue weighted by molar-refractivity contribution is 4.82. The molecule has 0 N–H and O–H groups in total. The molecular weight excluding hydrogens is 138 g/mol. The van der Waals surface area contributed by atoms with Crippen LogP contribution in [0.1, 0.15) is 13.8 Å². The molecule has 0 radical (unpaired) electrons. The summed E-state index contributed by atoms with van der Waals surface area (Å²) in [6.45, 7) is 6.41. The average molecular weight is 154 g/mol. The summed E-state index contributed by atoms with van der Waals surface area (Å²) in [4.78, 5) is 0. The number of hydrogen-bond donors (Lipinski definition) is 0. The molecule has 1 aromatic heterocycles. The molecular formula is C8H16N3+. The van der Waals surface area contributed by atoms with Crippen LogP contribution in [0.2, 0.25) is 0 Å². The summed E-state index contributed by atoms with van der Waals surface area (Å²) in [7, 11) is 2.03. The van der Waals surface area contributed by atoms with E-state index < -0.39 is 0 Å². The molecule has 0 amide bonds. The smallest absolute Gasteiger partial charge is 0.244 e. The van der Waals surface area contributed by atoms with Crippen molar-refractivity contribution in [3.05, 3.63) is 18.7 Å². The van der Waals surface area contributed by atoms with Gasteiger partial charge in [-0.05, 0) is 13.8 Å². The lowest BCUT2D eigenvalue weighted by atomic mass is 10.6. The molecule has 0 bridgehead atoms. The van der Waals surface area contributed by atoms with E-state index in [0.29, 0.717) is 0 Å². The minimum Gasteiger partial charge on any atom is -0.244 e. The van der Waals surface area contributed by atoms with Gasteiger partial charge < -0.3 is 0 Å². The zero-order valence-electron chi connectivity index (χ0n) is 7.49. The van der Waals surface area contributed by atoms with E-state index in [0.717, 1.165) is 13.1 Å². The summed E-state index contributed by atoms with van der Waals surface area (Å²) in [6.07, 6.45) is 6.16. The standard InChI is InChI=1S/C8H16N3/c1-4-10(5-2)11-7-6-9(3)8-11/h6-8H,4-5H2,1-3H3/q+1. The summed E-state index contributed by atoms with van der Waals surface area (Å²) in [6, 6.07) is 0. The molecule has 0 spiro atoms. The van der Waals surface area contributed by atoms with Crippen molar-refractivity contribution in [3.8, 4) is 0 Å². The molecule has 1 aromatic rings. The Labute approximate surface area is 67.8 Å². The molecule has 0 saturated heterocycles. The number of hydrogen-bond acceptors (Lipinski definition) is 1. The van der Waals surface area contributed by atoms with Crippen LogP contribution in [0.4, 0.5) is 0 Å². The first kappa shape index (κ1) is 8.11. The third kappa shape index (κ3) is 1.73. The normalized spacial score (nSPS) is 10.1. The van der Waals surface area contributed by atoms with Crippen molar-refractivity contribution in [1.82, 2.24) is 4.68 Å². The summed E-state index contributed by atoms with van der Waals surface area (Å²) < 4.78 is 4.15. The van der Waals surface area contributed by atoms with Gasteiger partial charge in [-0.25, -0.2) is 9.58 Å². The summed E-state index contributed by atoms with van der Waals surface area (Å²) in [5.41, 5.74) is 0. The fourth-order valence-electron chi connectivity index (χ4n) is 1.15. The fraction of sp³-hybridized carbons (Fsp3) is 0.625. The lowest BCUT2D eigenvalue weighted by molar-refractivity contribution is -0.671. The molecule has 62 valence electrons. The van der Waals surface area contributed by atoms with E-state index in [9.17, 15) is 0 Å². The van der Waals surface area contributed by atoms with Gasteiger partial charge in [0, 0.05) is 0 Å². The Morgan fingerprint density at radius 3 is 2.36 bits per heavy atom. The van der Waals surface area contributed by atoms with E-state index in [1.807, 2.05) is 17.8 Å². The maximum absolute atomic E-state index is 2.25. The molecule has 3 nitrogen and oxygen atoms in total. The van der Waals surface area contributed by atoms with E-state index in [-0.39, 0.29) is 0 Å². The second-order valence-corrected chi connectivity index (χ2v) is 2.60. The van der Waals surface area contributed by atoms with Gasteiger partial charge in [-0.2, -0.15) is 0 Å². The van der Waals surface area contributed by atoms with Gasteiger partial charge in [-0.3, -0.25) is 0 Å². The third-order valence-corrected chi connectivity index (χ3v) is 1.81. The molecule has 1 heterocycles. The van der Waals surface area contributed by atoms with Gasteiger partial charge in [0.25, 0.3) is 6.33 Å². The molecule has 0 saturated carbocycles. The van der Waals surface area contributed by atoms with E-state index in [2.05, 4.69) is 36.1 Å². The molecule has 0 fully saturated rings. The summed E-state index contributed by atoms with van der Waals surface area (Å²) >= 11 is 0. The molecule has 0 atom stereocenters. The number of aromatic nitrogens is 2. The van der Waals surface area contributed by atoms with Crippen LogP contribution in [0.25, 0.3) is 0 Å². The second-order valence-electron chi connectivity index (χ2n) is 2.60. The Hall–Kier alpha value is -0.990. The van der Waals surface area contributed by atoms with Gasteiger partial charge in [0.05, 0.1) is 20.1 Å². The van der Waals surface area contributed by atoms with E-state index in [1.165, 1.54) is 0 Å². The SMILES string of the molecule is CCN(CC)n1cc[n+](C)c1. The predicted molar refractivity (Wildman–Crippen MR) is 44.9 cm³/mol. The van der Waals surface area contributed by atoms with Crippen molar-refractivity contribution in [1.29, 1.82) is 0 Å². The largest absolute Gasteiger partial charge is 0.267 e. The van der Waals surface area contributed by atoms with Crippen LogP contribution < -0.4 is 9.58 Å².